The van der Waals surface area contributed by atoms with Crippen molar-refractivity contribution in [1.29, 1.82) is 0 Å². The third kappa shape index (κ3) is 2.10. The Balaban J connectivity index is 2.31. The van der Waals surface area contributed by atoms with Gasteiger partial charge >= 0.3 is 0 Å². The topological polar surface area (TPSA) is 25.8 Å². The van der Waals surface area contributed by atoms with Crippen molar-refractivity contribution in [2.75, 3.05) is 0 Å². The summed E-state index contributed by atoms with van der Waals surface area (Å²) in [6.45, 7) is 0. The maximum absolute atomic E-state index is 13.7. The summed E-state index contributed by atoms with van der Waals surface area (Å²) in [5, 5.41) is 0.222. The maximum Gasteiger partial charge on any atom is 0.167 e. The number of benzene rings is 2. The molecule has 1 aromatic heterocycles. The number of hydrogen-bond donors (Lipinski definition) is 0. The molecule has 6 heteroatoms. The van der Waals surface area contributed by atoms with Gasteiger partial charge in [0, 0.05) is 5.39 Å². The van der Waals surface area contributed by atoms with Crippen LogP contribution in [-0.2, 0) is 0 Å². The SMILES string of the molecule is Fc1ccc2nc(-c3c(F)cccc3F)nc(Cl)c2c1. The second kappa shape index (κ2) is 4.76. The van der Waals surface area contributed by atoms with Gasteiger partial charge in [-0.05, 0) is 30.3 Å². The summed E-state index contributed by atoms with van der Waals surface area (Å²) in [5.74, 6) is -2.25. The lowest BCUT2D eigenvalue weighted by Crippen LogP contribution is -1.97. The van der Waals surface area contributed by atoms with Gasteiger partial charge in [-0.25, -0.2) is 23.1 Å². The van der Waals surface area contributed by atoms with Crippen LogP contribution in [0.15, 0.2) is 36.4 Å². The van der Waals surface area contributed by atoms with E-state index >= 15 is 0 Å². The average molecular weight is 295 g/mol. The van der Waals surface area contributed by atoms with Crippen molar-refractivity contribution in [3.8, 4) is 11.4 Å². The molecule has 100 valence electrons. The zero-order chi connectivity index (χ0) is 14.3. The lowest BCUT2D eigenvalue weighted by Gasteiger charge is -2.06. The van der Waals surface area contributed by atoms with Crippen molar-refractivity contribution in [2.24, 2.45) is 0 Å². The van der Waals surface area contributed by atoms with Crippen molar-refractivity contribution in [3.63, 3.8) is 0 Å². The van der Waals surface area contributed by atoms with E-state index in [1.807, 2.05) is 0 Å². The van der Waals surface area contributed by atoms with Crippen molar-refractivity contribution >= 4 is 22.5 Å². The third-order valence-electron chi connectivity index (χ3n) is 2.80. The van der Waals surface area contributed by atoms with Gasteiger partial charge in [-0.3, -0.25) is 0 Å². The van der Waals surface area contributed by atoms with E-state index in [4.69, 9.17) is 11.6 Å². The van der Waals surface area contributed by atoms with Crippen LogP contribution in [0, 0.1) is 17.5 Å². The van der Waals surface area contributed by atoms with Crippen LogP contribution < -0.4 is 0 Å². The minimum absolute atomic E-state index is 0.0628. The molecule has 2 nitrogen and oxygen atoms in total. The molecular formula is C14H6ClF3N2. The van der Waals surface area contributed by atoms with E-state index in [0.29, 0.717) is 5.52 Å². The van der Waals surface area contributed by atoms with Gasteiger partial charge in [0.15, 0.2) is 5.82 Å². The summed E-state index contributed by atoms with van der Waals surface area (Å²) >= 11 is 5.93. The predicted octanol–water partition coefficient (Wildman–Crippen LogP) is 4.37. The summed E-state index contributed by atoms with van der Waals surface area (Å²) in [6, 6.07) is 7.17. The molecule has 0 N–H and O–H groups in total. The van der Waals surface area contributed by atoms with Crippen LogP contribution in [-0.4, -0.2) is 9.97 Å². The van der Waals surface area contributed by atoms with E-state index in [0.717, 1.165) is 12.1 Å². The first-order chi connectivity index (χ1) is 9.56. The zero-order valence-corrected chi connectivity index (χ0v) is 10.6. The molecule has 1 heterocycles. The zero-order valence-electron chi connectivity index (χ0n) is 9.87. The fraction of sp³-hybridized carbons (Fsp3) is 0. The number of hydrogen-bond acceptors (Lipinski definition) is 2. The van der Waals surface area contributed by atoms with E-state index in [1.54, 1.807) is 0 Å². The molecule has 0 amide bonds. The largest absolute Gasteiger partial charge is 0.228 e. The van der Waals surface area contributed by atoms with Crippen molar-refractivity contribution < 1.29 is 13.2 Å². The van der Waals surface area contributed by atoms with E-state index in [9.17, 15) is 13.2 Å². The molecule has 0 radical (unpaired) electrons. The van der Waals surface area contributed by atoms with Crippen molar-refractivity contribution in [2.45, 2.75) is 0 Å². The van der Waals surface area contributed by atoms with Gasteiger partial charge in [-0.2, -0.15) is 0 Å². The van der Waals surface area contributed by atoms with E-state index in [-0.39, 0.29) is 21.9 Å². The number of rotatable bonds is 1. The Hall–Kier alpha value is -2.14. The second-order valence-corrected chi connectivity index (χ2v) is 4.45. The molecule has 20 heavy (non-hydrogen) atoms. The number of nitrogens with zero attached hydrogens (tertiary/aromatic N) is 2. The number of fused-ring (bicyclic) bond motifs is 1. The Morgan fingerprint density at radius 1 is 0.900 bits per heavy atom. The second-order valence-electron chi connectivity index (χ2n) is 4.10. The van der Waals surface area contributed by atoms with Crippen LogP contribution in [0.5, 0.6) is 0 Å². The highest BCUT2D eigenvalue weighted by Crippen LogP contribution is 2.28. The highest BCUT2D eigenvalue weighted by Gasteiger charge is 2.16. The minimum Gasteiger partial charge on any atom is -0.228 e. The first kappa shape index (κ1) is 12.9. The van der Waals surface area contributed by atoms with Crippen molar-refractivity contribution in [1.82, 2.24) is 9.97 Å². The van der Waals surface area contributed by atoms with Crippen LogP contribution in [0.4, 0.5) is 13.2 Å². The van der Waals surface area contributed by atoms with Crippen LogP contribution in [0.1, 0.15) is 0 Å². The van der Waals surface area contributed by atoms with Crippen LogP contribution in [0.2, 0.25) is 5.15 Å². The predicted molar refractivity (Wildman–Crippen MR) is 69.9 cm³/mol. The Labute approximate surface area is 116 Å². The van der Waals surface area contributed by atoms with E-state index in [2.05, 4.69) is 9.97 Å². The molecule has 0 spiro atoms. The number of halogens is 4. The standard InChI is InChI=1S/C14H6ClF3N2/c15-13-8-6-7(16)4-5-11(8)19-14(20-13)12-9(17)2-1-3-10(12)18/h1-6H. The molecule has 0 fully saturated rings. The third-order valence-corrected chi connectivity index (χ3v) is 3.09. The summed E-state index contributed by atoms with van der Waals surface area (Å²) in [6.07, 6.45) is 0. The highest BCUT2D eigenvalue weighted by atomic mass is 35.5. The van der Waals surface area contributed by atoms with Gasteiger partial charge in [0.05, 0.1) is 11.1 Å². The highest BCUT2D eigenvalue weighted by molar-refractivity contribution is 6.34. The molecule has 0 unspecified atom stereocenters. The molecule has 3 aromatic rings. The van der Waals surface area contributed by atoms with Gasteiger partial charge in [0.2, 0.25) is 0 Å². The Morgan fingerprint density at radius 2 is 1.60 bits per heavy atom. The molecule has 0 saturated carbocycles. The molecule has 3 rings (SSSR count). The smallest absolute Gasteiger partial charge is 0.167 e. The van der Waals surface area contributed by atoms with Crippen LogP contribution in [0.3, 0.4) is 0 Å². The van der Waals surface area contributed by atoms with Gasteiger partial charge in [0.25, 0.3) is 0 Å². The molecule has 0 aliphatic heterocycles. The minimum atomic E-state index is -0.789. The summed E-state index contributed by atoms with van der Waals surface area (Å²) in [5.41, 5.74) is -0.0512. The Morgan fingerprint density at radius 3 is 2.30 bits per heavy atom. The summed E-state index contributed by atoms with van der Waals surface area (Å²) < 4.78 is 40.6. The summed E-state index contributed by atoms with van der Waals surface area (Å²) in [7, 11) is 0. The van der Waals surface area contributed by atoms with Gasteiger partial charge in [0.1, 0.15) is 22.6 Å². The molecule has 0 aliphatic carbocycles. The van der Waals surface area contributed by atoms with Crippen molar-refractivity contribution in [3.05, 3.63) is 59.0 Å². The van der Waals surface area contributed by atoms with Gasteiger partial charge in [-0.1, -0.05) is 17.7 Å². The first-order valence-corrected chi connectivity index (χ1v) is 6.01. The molecule has 2 aromatic carbocycles. The molecule has 0 aliphatic rings. The Bertz CT molecular complexity index is 801. The van der Waals surface area contributed by atoms with Gasteiger partial charge < -0.3 is 0 Å². The lowest BCUT2D eigenvalue weighted by atomic mass is 10.1. The quantitative estimate of drug-likeness (QED) is 0.623. The monoisotopic (exact) mass is 294 g/mol. The normalized spacial score (nSPS) is 11.0. The van der Waals surface area contributed by atoms with Gasteiger partial charge in [-0.15, -0.1) is 0 Å². The van der Waals surface area contributed by atoms with Crippen LogP contribution in [0.25, 0.3) is 22.3 Å². The fourth-order valence-corrected chi connectivity index (χ4v) is 2.12. The number of aromatic nitrogens is 2. The molecular weight excluding hydrogens is 289 g/mol. The fourth-order valence-electron chi connectivity index (χ4n) is 1.89. The molecule has 0 atom stereocenters. The van der Waals surface area contributed by atoms with E-state index in [1.165, 1.54) is 24.3 Å². The molecule has 0 bridgehead atoms. The average Bonchev–Trinajstić information content (AvgIpc) is 2.39. The first-order valence-electron chi connectivity index (χ1n) is 5.63. The summed E-state index contributed by atoms with van der Waals surface area (Å²) in [4.78, 5) is 7.87. The maximum atomic E-state index is 13.7. The Kier molecular flexibility index (Phi) is 3.06. The van der Waals surface area contributed by atoms with Crippen LogP contribution >= 0.6 is 11.6 Å². The lowest BCUT2D eigenvalue weighted by molar-refractivity contribution is 0.587. The molecule has 0 saturated heterocycles. The van der Waals surface area contributed by atoms with E-state index < -0.39 is 17.5 Å².